The molecule has 0 aromatic carbocycles. The van der Waals surface area contributed by atoms with E-state index in [-0.39, 0.29) is 5.92 Å². The molecule has 1 aliphatic rings. The number of hydrogen-bond acceptors (Lipinski definition) is 8. The number of nitrogens with one attached hydrogen (secondary N) is 2. The van der Waals surface area contributed by atoms with Gasteiger partial charge in [-0.3, -0.25) is 19.1 Å². The van der Waals surface area contributed by atoms with Gasteiger partial charge < -0.3 is 25.0 Å². The molecule has 2 heterocycles. The Balaban J connectivity index is 2.08. The molecule has 172 valence electrons. The Bertz CT molecular complexity index is 970. The van der Waals surface area contributed by atoms with Crippen molar-refractivity contribution in [1.82, 2.24) is 14.9 Å². The fourth-order valence-electron chi connectivity index (χ4n) is 2.88. The maximum atomic E-state index is 13.5. The zero-order valence-corrected chi connectivity index (χ0v) is 17.5. The van der Waals surface area contributed by atoms with E-state index in [1.807, 2.05) is 0 Å². The number of H-pyrrole nitrogens is 1. The summed E-state index contributed by atoms with van der Waals surface area (Å²) in [6.45, 7) is 6.17. The molecule has 0 radical (unpaired) electrons. The zero-order valence-electron chi connectivity index (χ0n) is 17.5. The molecule has 12 heteroatoms. The van der Waals surface area contributed by atoms with Gasteiger partial charge in [-0.15, -0.1) is 0 Å². The van der Waals surface area contributed by atoms with E-state index in [2.05, 4.69) is 5.32 Å². The van der Waals surface area contributed by atoms with Crippen molar-refractivity contribution in [2.24, 2.45) is 5.92 Å². The molecule has 0 spiro atoms. The van der Waals surface area contributed by atoms with Crippen molar-refractivity contribution >= 4 is 11.9 Å². The van der Waals surface area contributed by atoms with Crippen molar-refractivity contribution < 1.29 is 33.7 Å². The molecular formula is C19H26FN3O8. The van der Waals surface area contributed by atoms with Crippen LogP contribution in [0.25, 0.3) is 0 Å². The van der Waals surface area contributed by atoms with Crippen LogP contribution in [0.3, 0.4) is 0 Å². The van der Waals surface area contributed by atoms with Crippen LogP contribution in [-0.2, 0) is 19.1 Å². The van der Waals surface area contributed by atoms with Crippen LogP contribution in [0.15, 0.2) is 27.4 Å². The van der Waals surface area contributed by atoms with Gasteiger partial charge in [-0.1, -0.05) is 19.9 Å². The third-order valence-electron chi connectivity index (χ3n) is 4.92. The summed E-state index contributed by atoms with van der Waals surface area (Å²) in [5.41, 5.74) is -1.88. The highest BCUT2D eigenvalue weighted by molar-refractivity contribution is 5.95. The molecule has 1 fully saturated rings. The smallest absolute Gasteiger partial charge is 0.330 e. The molecule has 1 saturated heterocycles. The Hall–Kier alpha value is -2.83. The van der Waals surface area contributed by atoms with Crippen molar-refractivity contribution in [2.75, 3.05) is 6.61 Å². The van der Waals surface area contributed by atoms with Crippen molar-refractivity contribution in [1.29, 1.82) is 0 Å². The number of aromatic nitrogens is 2. The minimum Gasteiger partial charge on any atom is -0.461 e. The van der Waals surface area contributed by atoms with Crippen LogP contribution in [0, 0.1) is 11.7 Å². The molecule has 0 unspecified atom stereocenters. The van der Waals surface area contributed by atoms with E-state index in [1.54, 1.807) is 38.8 Å². The number of aromatic amines is 1. The molecule has 5 atom stereocenters. The summed E-state index contributed by atoms with van der Waals surface area (Å²) in [5, 5.41) is 22.9. The Morgan fingerprint density at radius 2 is 2.00 bits per heavy atom. The summed E-state index contributed by atoms with van der Waals surface area (Å²) in [7, 11) is 0. The first kappa shape index (κ1) is 24.4. The highest BCUT2D eigenvalue weighted by atomic mass is 19.1. The average Bonchev–Trinajstić information content (AvgIpc) is 3.00. The first-order valence-electron chi connectivity index (χ1n) is 9.60. The molecule has 1 amide bonds. The number of ether oxygens (including phenoxy) is 2. The lowest BCUT2D eigenvalue weighted by Gasteiger charge is -2.22. The van der Waals surface area contributed by atoms with Gasteiger partial charge in [0, 0.05) is 5.57 Å². The Labute approximate surface area is 176 Å². The molecule has 0 aliphatic carbocycles. The van der Waals surface area contributed by atoms with Crippen LogP contribution in [-0.4, -0.2) is 62.6 Å². The molecule has 11 nitrogen and oxygen atoms in total. The first-order valence-corrected chi connectivity index (χ1v) is 9.60. The van der Waals surface area contributed by atoms with Gasteiger partial charge in [0.15, 0.2) is 6.23 Å². The van der Waals surface area contributed by atoms with Crippen LogP contribution in [0.1, 0.15) is 33.9 Å². The van der Waals surface area contributed by atoms with Gasteiger partial charge in [-0.25, -0.2) is 9.59 Å². The van der Waals surface area contributed by atoms with Crippen LogP contribution >= 0.6 is 0 Å². The largest absolute Gasteiger partial charge is 0.461 e. The van der Waals surface area contributed by atoms with Gasteiger partial charge in [0.05, 0.1) is 6.20 Å². The molecule has 31 heavy (non-hydrogen) atoms. The number of hydrogen-bond donors (Lipinski definition) is 4. The quantitative estimate of drug-likeness (QED) is 0.307. The van der Waals surface area contributed by atoms with E-state index in [9.17, 15) is 33.8 Å². The van der Waals surface area contributed by atoms with Crippen LogP contribution < -0.4 is 16.6 Å². The van der Waals surface area contributed by atoms with Gasteiger partial charge in [-0.05, 0) is 19.8 Å². The third kappa shape index (κ3) is 5.46. The molecule has 0 saturated carbocycles. The molecule has 1 aliphatic heterocycles. The number of amides is 1. The van der Waals surface area contributed by atoms with E-state index in [0.717, 1.165) is 0 Å². The molecule has 1 aromatic rings. The summed E-state index contributed by atoms with van der Waals surface area (Å²) in [4.78, 5) is 49.3. The minimum atomic E-state index is -1.66. The number of rotatable bonds is 7. The average molecular weight is 443 g/mol. The summed E-state index contributed by atoms with van der Waals surface area (Å²) in [5.74, 6) is -2.82. The van der Waals surface area contributed by atoms with E-state index < -0.39 is 66.1 Å². The highest BCUT2D eigenvalue weighted by Gasteiger charge is 2.45. The standard InChI is InChI=1S/C19H26FN3O8/c1-5-9(4)15(26)21-12(8(2)3)18(28)30-7-11-13(24)14(25)17(31-11)23-6-10(20)16(27)22-19(23)29/h5-6,8,11-14,17,24-25H,7H2,1-4H3,(H,21,26)(H,22,27,29)/b9-5+/t11-,12+,13-,14-,17-/m1/s1. The number of esters is 1. The Kier molecular flexibility index (Phi) is 7.87. The first-order chi connectivity index (χ1) is 14.5. The van der Waals surface area contributed by atoms with Crippen molar-refractivity contribution in [2.45, 2.75) is 58.3 Å². The second-order valence-corrected chi connectivity index (χ2v) is 7.49. The van der Waals surface area contributed by atoms with Gasteiger partial charge in [-0.2, -0.15) is 4.39 Å². The number of halogens is 1. The zero-order chi connectivity index (χ0) is 23.5. The second kappa shape index (κ2) is 9.98. The molecule has 1 aromatic heterocycles. The van der Waals surface area contributed by atoms with Crippen LogP contribution in [0.4, 0.5) is 4.39 Å². The summed E-state index contributed by atoms with van der Waals surface area (Å²) in [6, 6.07) is -0.974. The van der Waals surface area contributed by atoms with Crippen molar-refractivity contribution in [3.63, 3.8) is 0 Å². The molecular weight excluding hydrogens is 417 g/mol. The monoisotopic (exact) mass is 443 g/mol. The Morgan fingerprint density at radius 1 is 1.35 bits per heavy atom. The van der Waals surface area contributed by atoms with E-state index in [1.165, 1.54) is 0 Å². The van der Waals surface area contributed by atoms with Crippen LogP contribution in [0.5, 0.6) is 0 Å². The van der Waals surface area contributed by atoms with Gasteiger partial charge >= 0.3 is 11.7 Å². The van der Waals surface area contributed by atoms with E-state index >= 15 is 0 Å². The van der Waals surface area contributed by atoms with Crippen molar-refractivity contribution in [3.05, 3.63) is 44.5 Å². The van der Waals surface area contributed by atoms with Gasteiger partial charge in [0.1, 0.15) is 31.0 Å². The number of aliphatic hydroxyl groups excluding tert-OH is 2. The lowest BCUT2D eigenvalue weighted by molar-refractivity contribution is -0.155. The number of carbonyl (C=O) groups is 2. The normalized spacial score (nSPS) is 24.8. The highest BCUT2D eigenvalue weighted by Crippen LogP contribution is 2.28. The maximum absolute atomic E-state index is 13.5. The topological polar surface area (TPSA) is 160 Å². The van der Waals surface area contributed by atoms with Crippen molar-refractivity contribution in [3.8, 4) is 0 Å². The SMILES string of the molecule is C/C=C(\C)C(=O)N[C@H](C(=O)OC[C@H]1O[C@@H](n2cc(F)c(=O)[nH]c2=O)[C@H](O)[C@@H]1O)C(C)C. The van der Waals surface area contributed by atoms with Gasteiger partial charge in [0.25, 0.3) is 5.56 Å². The van der Waals surface area contributed by atoms with E-state index in [4.69, 9.17) is 9.47 Å². The maximum Gasteiger partial charge on any atom is 0.330 e. The van der Waals surface area contributed by atoms with Gasteiger partial charge in [0.2, 0.25) is 11.7 Å². The lowest BCUT2D eigenvalue weighted by Crippen LogP contribution is -2.46. The molecule has 2 rings (SSSR count). The van der Waals surface area contributed by atoms with E-state index in [0.29, 0.717) is 16.3 Å². The summed E-state index contributed by atoms with van der Waals surface area (Å²) >= 11 is 0. The predicted octanol–water partition coefficient (Wildman–Crippen LogP) is -1.05. The fraction of sp³-hybridized carbons (Fsp3) is 0.579. The number of carbonyl (C=O) groups excluding carboxylic acids is 2. The molecule has 4 N–H and O–H groups in total. The predicted molar refractivity (Wildman–Crippen MR) is 104 cm³/mol. The minimum absolute atomic E-state index is 0.309. The third-order valence-corrected chi connectivity index (χ3v) is 4.92. The fourth-order valence-corrected chi connectivity index (χ4v) is 2.88. The second-order valence-electron chi connectivity index (χ2n) is 7.49. The number of allylic oxidation sites excluding steroid dienone is 1. The summed E-state index contributed by atoms with van der Waals surface area (Å²) < 4.78 is 24.6. The number of nitrogens with zero attached hydrogens (tertiary/aromatic N) is 1. The Morgan fingerprint density at radius 3 is 2.58 bits per heavy atom. The van der Waals surface area contributed by atoms with Crippen LogP contribution in [0.2, 0.25) is 0 Å². The number of aliphatic hydroxyl groups is 2. The lowest BCUT2D eigenvalue weighted by atomic mass is 10.0. The molecule has 0 bridgehead atoms. The summed E-state index contributed by atoms with van der Waals surface area (Å²) in [6.07, 6.45) is -3.86.